The van der Waals surface area contributed by atoms with Crippen LogP contribution in [0.25, 0.3) is 0 Å². The van der Waals surface area contributed by atoms with E-state index in [9.17, 15) is 9.59 Å². The zero-order chi connectivity index (χ0) is 12.4. The molecule has 2 amide bonds. The number of rotatable bonds is 2. The van der Waals surface area contributed by atoms with Crippen molar-refractivity contribution in [2.75, 3.05) is 13.1 Å². The van der Waals surface area contributed by atoms with Crippen LogP contribution in [0.4, 0.5) is 0 Å². The molecular weight excluding hydrogens is 286 g/mol. The Morgan fingerprint density at radius 1 is 1.53 bits per heavy atom. The molecule has 0 aromatic carbocycles. The molecule has 1 aliphatic rings. The number of halogens is 1. The lowest BCUT2D eigenvalue weighted by atomic mass is 10.1. The summed E-state index contributed by atoms with van der Waals surface area (Å²) in [5, 5.41) is 0. The van der Waals surface area contributed by atoms with E-state index in [0.29, 0.717) is 29.7 Å². The monoisotopic (exact) mass is 297 g/mol. The largest absolute Gasteiger partial charge is 0.369 e. The maximum absolute atomic E-state index is 12.1. The van der Waals surface area contributed by atoms with Crippen molar-refractivity contribution in [3.8, 4) is 0 Å². The Hall–Kier alpha value is -1.43. The van der Waals surface area contributed by atoms with E-state index in [1.807, 2.05) is 0 Å². The first-order valence-electron chi connectivity index (χ1n) is 5.28. The van der Waals surface area contributed by atoms with E-state index in [0.717, 1.165) is 0 Å². The fourth-order valence-electron chi connectivity index (χ4n) is 1.90. The van der Waals surface area contributed by atoms with Gasteiger partial charge in [-0.2, -0.15) is 0 Å². The third kappa shape index (κ3) is 2.63. The molecule has 5 nitrogen and oxygen atoms in total. The molecule has 2 heterocycles. The summed E-state index contributed by atoms with van der Waals surface area (Å²) in [5.41, 5.74) is 5.80. The highest BCUT2D eigenvalue weighted by Crippen LogP contribution is 2.19. The molecule has 2 rings (SSSR count). The van der Waals surface area contributed by atoms with Crippen LogP contribution >= 0.6 is 15.9 Å². The number of hydrogen-bond donors (Lipinski definition) is 1. The normalized spacial score (nSPS) is 19.4. The molecule has 17 heavy (non-hydrogen) atoms. The smallest absolute Gasteiger partial charge is 0.254 e. The van der Waals surface area contributed by atoms with Crippen LogP contribution in [0.2, 0.25) is 0 Å². The molecule has 0 saturated carbocycles. The van der Waals surface area contributed by atoms with Crippen LogP contribution in [0, 0.1) is 5.92 Å². The predicted molar refractivity (Wildman–Crippen MR) is 65.1 cm³/mol. The van der Waals surface area contributed by atoms with Gasteiger partial charge in [-0.05, 0) is 34.5 Å². The van der Waals surface area contributed by atoms with E-state index in [2.05, 4.69) is 20.9 Å². The lowest BCUT2D eigenvalue weighted by Gasteiger charge is -2.15. The van der Waals surface area contributed by atoms with Gasteiger partial charge in [0.2, 0.25) is 5.91 Å². The summed E-state index contributed by atoms with van der Waals surface area (Å²) in [6.07, 6.45) is 2.21. The number of aromatic nitrogens is 1. The van der Waals surface area contributed by atoms with Crippen molar-refractivity contribution in [1.82, 2.24) is 9.88 Å². The van der Waals surface area contributed by atoms with E-state index in [1.165, 1.54) is 0 Å². The Bertz CT molecular complexity index is 464. The highest BCUT2D eigenvalue weighted by molar-refractivity contribution is 9.10. The molecule has 1 atom stereocenters. The summed E-state index contributed by atoms with van der Waals surface area (Å²) in [6.45, 7) is 0.987. The van der Waals surface area contributed by atoms with Gasteiger partial charge in [0.25, 0.3) is 5.91 Å². The average molecular weight is 298 g/mol. The van der Waals surface area contributed by atoms with Crippen molar-refractivity contribution in [1.29, 1.82) is 0 Å². The molecule has 1 saturated heterocycles. The molecule has 1 fully saturated rings. The van der Waals surface area contributed by atoms with E-state index in [4.69, 9.17) is 5.73 Å². The average Bonchev–Trinajstić information content (AvgIpc) is 2.77. The minimum atomic E-state index is -0.337. The van der Waals surface area contributed by atoms with Crippen molar-refractivity contribution in [3.63, 3.8) is 0 Å². The van der Waals surface area contributed by atoms with E-state index >= 15 is 0 Å². The summed E-state index contributed by atoms with van der Waals surface area (Å²) in [7, 11) is 0. The number of pyridine rings is 1. The molecule has 0 bridgehead atoms. The number of carbonyl (C=O) groups is 2. The van der Waals surface area contributed by atoms with Crippen molar-refractivity contribution in [3.05, 3.63) is 28.5 Å². The Labute approximate surface area is 107 Å². The van der Waals surface area contributed by atoms with Crippen LogP contribution in [-0.4, -0.2) is 34.8 Å². The molecule has 1 aromatic rings. The quantitative estimate of drug-likeness (QED) is 0.820. The zero-order valence-electron chi connectivity index (χ0n) is 9.10. The minimum absolute atomic E-state index is 0.0862. The second kappa shape index (κ2) is 4.83. The summed E-state index contributed by atoms with van der Waals surface area (Å²) in [6, 6.07) is 3.32. The predicted octanol–water partition coefficient (Wildman–Crippen LogP) is 0.791. The number of nitrogens with two attached hydrogens (primary N) is 1. The lowest BCUT2D eigenvalue weighted by molar-refractivity contribution is -0.121. The maximum atomic E-state index is 12.1. The van der Waals surface area contributed by atoms with E-state index < -0.39 is 0 Å². The molecule has 0 spiro atoms. The SMILES string of the molecule is NC(=O)C1CCN(C(=O)c2ccnc(Br)c2)C1. The van der Waals surface area contributed by atoms with Crippen LogP contribution in [0.1, 0.15) is 16.8 Å². The molecule has 6 heteroatoms. The lowest BCUT2D eigenvalue weighted by Crippen LogP contribution is -2.31. The van der Waals surface area contributed by atoms with Crippen LogP contribution in [0.3, 0.4) is 0 Å². The van der Waals surface area contributed by atoms with E-state index in [-0.39, 0.29) is 17.7 Å². The van der Waals surface area contributed by atoms with Gasteiger partial charge in [-0.1, -0.05) is 0 Å². The summed E-state index contributed by atoms with van der Waals surface area (Å²) >= 11 is 3.22. The van der Waals surface area contributed by atoms with Crippen molar-refractivity contribution in [2.24, 2.45) is 11.7 Å². The standard InChI is InChI=1S/C11H12BrN3O2/c12-9-5-7(1-3-14-9)11(17)15-4-2-8(6-15)10(13)16/h1,3,5,8H,2,4,6H2,(H2,13,16). The molecule has 0 radical (unpaired) electrons. The van der Waals surface area contributed by atoms with Crippen LogP contribution < -0.4 is 5.73 Å². The first kappa shape index (κ1) is 12.0. The van der Waals surface area contributed by atoms with Gasteiger partial charge in [-0.15, -0.1) is 0 Å². The third-order valence-corrected chi connectivity index (χ3v) is 3.29. The second-order valence-corrected chi connectivity index (χ2v) is 4.82. The van der Waals surface area contributed by atoms with Crippen molar-refractivity contribution >= 4 is 27.7 Å². The molecule has 2 N–H and O–H groups in total. The molecule has 1 unspecified atom stereocenters. The van der Waals surface area contributed by atoms with Crippen LogP contribution in [-0.2, 0) is 4.79 Å². The summed E-state index contributed by atoms with van der Waals surface area (Å²) in [4.78, 5) is 28.7. The summed E-state index contributed by atoms with van der Waals surface area (Å²) in [5.74, 6) is -0.641. The fourth-order valence-corrected chi connectivity index (χ4v) is 2.26. The number of primary amides is 1. The van der Waals surface area contributed by atoms with Crippen molar-refractivity contribution < 1.29 is 9.59 Å². The first-order valence-corrected chi connectivity index (χ1v) is 6.07. The van der Waals surface area contributed by atoms with Crippen molar-refractivity contribution in [2.45, 2.75) is 6.42 Å². The molecule has 90 valence electrons. The van der Waals surface area contributed by atoms with Gasteiger partial charge in [0.05, 0.1) is 5.92 Å². The number of nitrogens with zero attached hydrogens (tertiary/aromatic N) is 2. The molecule has 0 aliphatic carbocycles. The number of hydrogen-bond acceptors (Lipinski definition) is 3. The number of likely N-dealkylation sites (tertiary alicyclic amines) is 1. The number of amides is 2. The Morgan fingerprint density at radius 3 is 2.88 bits per heavy atom. The Balaban J connectivity index is 2.09. The van der Waals surface area contributed by atoms with E-state index in [1.54, 1.807) is 23.2 Å². The Morgan fingerprint density at radius 2 is 2.29 bits per heavy atom. The number of carbonyl (C=O) groups excluding carboxylic acids is 2. The molecular formula is C11H12BrN3O2. The topological polar surface area (TPSA) is 76.3 Å². The minimum Gasteiger partial charge on any atom is -0.369 e. The van der Waals surface area contributed by atoms with Gasteiger partial charge in [-0.25, -0.2) is 4.98 Å². The molecule has 1 aromatic heterocycles. The third-order valence-electron chi connectivity index (χ3n) is 2.85. The van der Waals surface area contributed by atoms with Gasteiger partial charge in [0.1, 0.15) is 4.60 Å². The summed E-state index contributed by atoms with van der Waals surface area (Å²) < 4.78 is 0.619. The first-order chi connectivity index (χ1) is 8.08. The highest BCUT2D eigenvalue weighted by Gasteiger charge is 2.30. The van der Waals surface area contributed by atoms with Gasteiger partial charge in [0, 0.05) is 24.8 Å². The van der Waals surface area contributed by atoms with Crippen LogP contribution in [0.5, 0.6) is 0 Å². The van der Waals surface area contributed by atoms with Gasteiger partial charge >= 0.3 is 0 Å². The maximum Gasteiger partial charge on any atom is 0.254 e. The Kier molecular flexibility index (Phi) is 3.42. The van der Waals surface area contributed by atoms with Gasteiger partial charge in [0.15, 0.2) is 0 Å². The fraction of sp³-hybridized carbons (Fsp3) is 0.364. The highest BCUT2D eigenvalue weighted by atomic mass is 79.9. The molecule has 1 aliphatic heterocycles. The van der Waals surface area contributed by atoms with Gasteiger partial charge in [-0.3, -0.25) is 9.59 Å². The van der Waals surface area contributed by atoms with Gasteiger partial charge < -0.3 is 10.6 Å². The zero-order valence-corrected chi connectivity index (χ0v) is 10.7. The second-order valence-electron chi connectivity index (χ2n) is 4.01. The van der Waals surface area contributed by atoms with Crippen LogP contribution in [0.15, 0.2) is 22.9 Å².